The van der Waals surface area contributed by atoms with Crippen LogP contribution >= 0.6 is 0 Å². The van der Waals surface area contributed by atoms with Gasteiger partial charge in [0.1, 0.15) is 5.78 Å². The number of carbonyl (C=O) groups excluding carboxylic acids is 2. The molecule has 0 aliphatic heterocycles. The van der Waals surface area contributed by atoms with Crippen LogP contribution in [0.3, 0.4) is 0 Å². The lowest BCUT2D eigenvalue weighted by Gasteiger charge is -2.21. The topological polar surface area (TPSA) is 83.8 Å². The van der Waals surface area contributed by atoms with E-state index < -0.39 is 30.0 Å². The highest BCUT2D eigenvalue weighted by Crippen LogP contribution is 2.35. The van der Waals surface area contributed by atoms with E-state index in [1.165, 1.54) is 0 Å². The van der Waals surface area contributed by atoms with Gasteiger partial charge >= 0.3 is 5.97 Å². The van der Waals surface area contributed by atoms with E-state index in [9.17, 15) is 19.8 Å². The van der Waals surface area contributed by atoms with Gasteiger partial charge in [-0.1, -0.05) is 17.7 Å². The summed E-state index contributed by atoms with van der Waals surface area (Å²) in [5.74, 6) is -2.45. The Bertz CT molecular complexity index is 614. The van der Waals surface area contributed by atoms with E-state index in [1.807, 2.05) is 32.9 Å². The van der Waals surface area contributed by atoms with Gasteiger partial charge in [-0.25, -0.2) is 0 Å². The van der Waals surface area contributed by atoms with Crippen LogP contribution in [-0.4, -0.2) is 40.8 Å². The minimum absolute atomic E-state index is 0.0578. The molecule has 0 spiro atoms. The highest BCUT2D eigenvalue weighted by molar-refractivity contribution is 5.90. The molecular formula is C19H26O5. The zero-order chi connectivity index (χ0) is 18.0. The molecule has 1 saturated carbocycles. The Kier molecular flexibility index (Phi) is 5.78. The van der Waals surface area contributed by atoms with Crippen LogP contribution in [0.4, 0.5) is 0 Å². The van der Waals surface area contributed by atoms with Gasteiger partial charge in [0.25, 0.3) is 0 Å². The molecule has 1 aliphatic carbocycles. The van der Waals surface area contributed by atoms with Crippen molar-refractivity contribution in [2.24, 2.45) is 11.8 Å². The number of aliphatic hydroxyl groups excluding tert-OH is 2. The summed E-state index contributed by atoms with van der Waals surface area (Å²) < 4.78 is 5.00. The number of aliphatic hydroxyl groups is 2. The molecule has 0 saturated heterocycles. The second-order valence-electron chi connectivity index (χ2n) is 6.70. The molecule has 5 nitrogen and oxygen atoms in total. The molecule has 2 rings (SSSR count). The molecule has 0 radical (unpaired) electrons. The highest BCUT2D eigenvalue weighted by atomic mass is 16.5. The first kappa shape index (κ1) is 18.6. The number of hydrogen-bond acceptors (Lipinski definition) is 5. The third kappa shape index (κ3) is 3.68. The predicted octanol–water partition coefficient (Wildman–Crippen LogP) is 1.64. The van der Waals surface area contributed by atoms with Crippen molar-refractivity contribution in [1.82, 2.24) is 0 Å². The van der Waals surface area contributed by atoms with Crippen molar-refractivity contribution >= 4 is 11.8 Å². The Morgan fingerprint density at radius 3 is 2.29 bits per heavy atom. The number of Topliss-reactive ketones (excluding diaryl/α,β-unsaturated/α-hetero) is 1. The first-order chi connectivity index (χ1) is 11.3. The summed E-state index contributed by atoms with van der Waals surface area (Å²) in [7, 11) is 0. The minimum atomic E-state index is -1.22. The Hall–Kier alpha value is -1.72. The van der Waals surface area contributed by atoms with Crippen LogP contribution < -0.4 is 0 Å². The molecule has 0 bridgehead atoms. The van der Waals surface area contributed by atoms with Gasteiger partial charge in [-0.05, 0) is 50.8 Å². The monoisotopic (exact) mass is 334 g/mol. The summed E-state index contributed by atoms with van der Waals surface area (Å²) in [5, 5.41) is 20.1. The van der Waals surface area contributed by atoms with Crippen LogP contribution in [0, 0.1) is 32.6 Å². The van der Waals surface area contributed by atoms with E-state index >= 15 is 0 Å². The maximum atomic E-state index is 12.8. The summed E-state index contributed by atoms with van der Waals surface area (Å²) in [6.45, 7) is 7.80. The average molecular weight is 334 g/mol. The van der Waals surface area contributed by atoms with E-state index in [1.54, 1.807) is 6.92 Å². The normalized spacial score (nSPS) is 26.4. The van der Waals surface area contributed by atoms with Crippen LogP contribution in [0.1, 0.15) is 35.6 Å². The molecule has 1 aromatic carbocycles. The summed E-state index contributed by atoms with van der Waals surface area (Å²) in [4.78, 5) is 24.9. The van der Waals surface area contributed by atoms with Gasteiger partial charge in [-0.15, -0.1) is 0 Å². The molecule has 4 atom stereocenters. The molecular weight excluding hydrogens is 308 g/mol. The second kappa shape index (κ2) is 7.45. The Balaban J connectivity index is 2.25. The Morgan fingerprint density at radius 1 is 1.17 bits per heavy atom. The molecule has 2 N–H and O–H groups in total. The number of carbonyl (C=O) groups is 2. The fourth-order valence-electron chi connectivity index (χ4n) is 3.71. The molecule has 24 heavy (non-hydrogen) atoms. The highest BCUT2D eigenvalue weighted by Gasteiger charge is 2.49. The van der Waals surface area contributed by atoms with E-state index in [4.69, 9.17) is 4.74 Å². The molecule has 1 fully saturated rings. The number of benzene rings is 1. The van der Waals surface area contributed by atoms with Gasteiger partial charge < -0.3 is 14.9 Å². The first-order valence-electron chi connectivity index (χ1n) is 8.38. The van der Waals surface area contributed by atoms with Crippen molar-refractivity contribution in [1.29, 1.82) is 0 Å². The zero-order valence-corrected chi connectivity index (χ0v) is 14.7. The van der Waals surface area contributed by atoms with Gasteiger partial charge in [0.2, 0.25) is 0 Å². The molecule has 1 aliphatic rings. The van der Waals surface area contributed by atoms with E-state index in [0.717, 1.165) is 22.3 Å². The van der Waals surface area contributed by atoms with Gasteiger partial charge in [0, 0.05) is 6.42 Å². The van der Waals surface area contributed by atoms with E-state index in [2.05, 4.69) is 0 Å². The molecule has 0 heterocycles. The summed E-state index contributed by atoms with van der Waals surface area (Å²) >= 11 is 0. The Labute approximate surface area is 142 Å². The van der Waals surface area contributed by atoms with Crippen LogP contribution in [0.5, 0.6) is 0 Å². The molecule has 0 aromatic heterocycles. The maximum Gasteiger partial charge on any atom is 0.309 e. The molecule has 132 valence electrons. The number of esters is 1. The maximum absolute atomic E-state index is 12.8. The fourth-order valence-corrected chi connectivity index (χ4v) is 3.71. The molecule has 5 heteroatoms. The quantitative estimate of drug-likeness (QED) is 0.800. The molecule has 0 amide bonds. The number of rotatable bonds is 5. The van der Waals surface area contributed by atoms with Crippen molar-refractivity contribution in [3.8, 4) is 0 Å². The predicted molar refractivity (Wildman–Crippen MR) is 89.6 cm³/mol. The number of ketones is 1. The summed E-state index contributed by atoms with van der Waals surface area (Å²) in [6.07, 6.45) is -2.10. The average Bonchev–Trinajstić information content (AvgIpc) is 2.79. The number of aryl methyl sites for hydroxylation is 3. The minimum Gasteiger partial charge on any atom is -0.466 e. The van der Waals surface area contributed by atoms with Gasteiger partial charge in [0.05, 0.1) is 30.7 Å². The first-order valence-corrected chi connectivity index (χ1v) is 8.38. The van der Waals surface area contributed by atoms with Crippen molar-refractivity contribution < 1.29 is 24.5 Å². The lowest BCUT2D eigenvalue weighted by molar-refractivity contribution is -0.152. The van der Waals surface area contributed by atoms with Crippen molar-refractivity contribution in [3.05, 3.63) is 34.4 Å². The van der Waals surface area contributed by atoms with Crippen molar-refractivity contribution in [2.75, 3.05) is 6.61 Å². The van der Waals surface area contributed by atoms with Gasteiger partial charge in [-0.2, -0.15) is 0 Å². The SMILES string of the molecule is CCOC(=O)C1CC(O)C(O)C1C(=O)Cc1c(C)cc(C)cc1C. The van der Waals surface area contributed by atoms with E-state index in [-0.39, 0.29) is 25.2 Å². The number of hydrogen-bond donors (Lipinski definition) is 2. The van der Waals surface area contributed by atoms with Crippen LogP contribution in [-0.2, 0) is 20.7 Å². The van der Waals surface area contributed by atoms with Gasteiger partial charge in [0.15, 0.2) is 0 Å². The third-order valence-electron chi connectivity index (χ3n) is 4.84. The van der Waals surface area contributed by atoms with Crippen molar-refractivity contribution in [3.63, 3.8) is 0 Å². The second-order valence-corrected chi connectivity index (χ2v) is 6.70. The van der Waals surface area contributed by atoms with E-state index in [0.29, 0.717) is 0 Å². The molecule has 1 aromatic rings. The molecule has 4 unspecified atom stereocenters. The fraction of sp³-hybridized carbons (Fsp3) is 0.579. The largest absolute Gasteiger partial charge is 0.466 e. The summed E-state index contributed by atoms with van der Waals surface area (Å²) in [6, 6.07) is 4.02. The lowest BCUT2D eigenvalue weighted by atomic mass is 9.85. The van der Waals surface area contributed by atoms with Crippen molar-refractivity contribution in [2.45, 2.75) is 52.7 Å². The number of ether oxygens (including phenoxy) is 1. The Morgan fingerprint density at radius 2 is 1.75 bits per heavy atom. The zero-order valence-electron chi connectivity index (χ0n) is 14.7. The van der Waals surface area contributed by atoms with Gasteiger partial charge in [-0.3, -0.25) is 9.59 Å². The summed E-state index contributed by atoms with van der Waals surface area (Å²) in [5.41, 5.74) is 4.08. The lowest BCUT2D eigenvalue weighted by Crippen LogP contribution is -2.36. The third-order valence-corrected chi connectivity index (χ3v) is 4.84. The van der Waals surface area contributed by atoms with Crippen LogP contribution in [0.15, 0.2) is 12.1 Å². The standard InChI is InChI=1S/C19H26O5/c1-5-24-19(23)14-9-16(21)18(22)17(14)15(20)8-13-11(3)6-10(2)7-12(13)4/h6-7,14,16-18,21-22H,5,8-9H2,1-4H3. The van der Waals surface area contributed by atoms with Crippen LogP contribution in [0.25, 0.3) is 0 Å². The smallest absolute Gasteiger partial charge is 0.309 e. The van der Waals surface area contributed by atoms with Crippen LogP contribution in [0.2, 0.25) is 0 Å².